The van der Waals surface area contributed by atoms with Crippen molar-refractivity contribution >= 4 is 0 Å². The third-order valence-electron chi connectivity index (χ3n) is 5.24. The Bertz CT molecular complexity index is 1130. The van der Waals surface area contributed by atoms with Crippen molar-refractivity contribution in [2.24, 2.45) is 0 Å². The molecule has 0 saturated heterocycles. The third-order valence-corrected chi connectivity index (χ3v) is 5.24. The minimum Gasteiger partial charge on any atom is -0.265 e. The molecular weight excluding hydrogens is 366 g/mol. The summed E-state index contributed by atoms with van der Waals surface area (Å²) in [5, 5.41) is 0. The van der Waals surface area contributed by atoms with Gasteiger partial charge in [0, 0.05) is 49.1 Å². The van der Waals surface area contributed by atoms with Gasteiger partial charge in [-0.1, -0.05) is 48.5 Å². The summed E-state index contributed by atoms with van der Waals surface area (Å²) in [6.45, 7) is 0. The zero-order valence-electron chi connectivity index (χ0n) is 16.4. The van der Waals surface area contributed by atoms with Crippen LogP contribution in [0.15, 0.2) is 122 Å². The molecule has 0 N–H and O–H groups in total. The summed E-state index contributed by atoms with van der Waals surface area (Å²) in [6.07, 6.45) is 11.4. The fourth-order valence-corrected chi connectivity index (χ4v) is 3.56. The Morgan fingerprint density at radius 1 is 0.367 bits per heavy atom. The van der Waals surface area contributed by atoms with E-state index in [0.29, 0.717) is 0 Å². The van der Waals surface area contributed by atoms with Crippen LogP contribution in [-0.4, -0.2) is 9.97 Å². The summed E-state index contributed by atoms with van der Waals surface area (Å²) >= 11 is 0. The molecule has 0 fully saturated rings. The molecule has 3 nitrogen and oxygen atoms in total. The van der Waals surface area contributed by atoms with Crippen molar-refractivity contribution in [3.8, 4) is 39.1 Å². The molecule has 3 aromatic heterocycles. The van der Waals surface area contributed by atoms with Crippen LogP contribution in [0.5, 0.6) is 0 Å². The van der Waals surface area contributed by atoms with Crippen molar-refractivity contribution in [1.29, 1.82) is 0 Å². The van der Waals surface area contributed by atoms with Gasteiger partial charge in [0.25, 0.3) is 0 Å². The average Bonchev–Trinajstić information content (AvgIpc) is 2.85. The lowest BCUT2D eigenvalue weighted by Crippen LogP contribution is -2.28. The second-order valence-electron chi connectivity index (χ2n) is 7.09. The molecule has 0 aliphatic heterocycles. The van der Waals surface area contributed by atoms with Gasteiger partial charge in [-0.25, -0.2) is 0 Å². The molecule has 0 spiro atoms. The molecule has 0 aliphatic carbocycles. The highest BCUT2D eigenvalue weighted by Gasteiger charge is 2.07. The largest absolute Gasteiger partial charge is 0.265 e. The molecule has 5 rings (SSSR count). The smallest absolute Gasteiger partial charge is 0.213 e. The van der Waals surface area contributed by atoms with E-state index in [-0.39, 0.29) is 0 Å². The van der Waals surface area contributed by atoms with Crippen LogP contribution >= 0.6 is 0 Å². The molecule has 0 amide bonds. The Labute approximate surface area is 176 Å². The van der Waals surface area contributed by atoms with E-state index in [2.05, 4.69) is 87.6 Å². The summed E-state index contributed by atoms with van der Waals surface area (Å²) in [7, 11) is 0. The second-order valence-corrected chi connectivity index (χ2v) is 7.09. The third kappa shape index (κ3) is 3.74. The van der Waals surface area contributed by atoms with Crippen molar-refractivity contribution < 1.29 is 4.57 Å². The van der Waals surface area contributed by atoms with Crippen LogP contribution in [0.3, 0.4) is 0 Å². The fourth-order valence-electron chi connectivity index (χ4n) is 3.56. The first kappa shape index (κ1) is 18.0. The molecular formula is C27H20N3+. The predicted molar refractivity (Wildman–Crippen MR) is 120 cm³/mol. The first-order valence-electron chi connectivity index (χ1n) is 9.90. The van der Waals surface area contributed by atoms with Gasteiger partial charge in [-0.15, -0.1) is 0 Å². The van der Waals surface area contributed by atoms with Gasteiger partial charge in [-0.3, -0.25) is 9.97 Å². The SMILES string of the molecule is c1cc(-c2ccc(-c3ccc(-c4cc[n+](-c5ccncc5)cc4)cc3)cc2)ccn1. The zero-order valence-corrected chi connectivity index (χ0v) is 16.4. The van der Waals surface area contributed by atoms with E-state index in [4.69, 9.17) is 0 Å². The number of aromatic nitrogens is 3. The van der Waals surface area contributed by atoms with E-state index < -0.39 is 0 Å². The van der Waals surface area contributed by atoms with E-state index in [9.17, 15) is 0 Å². The maximum absolute atomic E-state index is 4.09. The van der Waals surface area contributed by atoms with Crippen LogP contribution in [-0.2, 0) is 0 Å². The number of pyridine rings is 3. The van der Waals surface area contributed by atoms with Gasteiger partial charge >= 0.3 is 0 Å². The predicted octanol–water partition coefficient (Wildman–Crippen LogP) is 5.75. The van der Waals surface area contributed by atoms with Crippen LogP contribution < -0.4 is 4.57 Å². The number of hydrogen-bond donors (Lipinski definition) is 0. The van der Waals surface area contributed by atoms with Crippen LogP contribution in [0, 0.1) is 0 Å². The summed E-state index contributed by atoms with van der Waals surface area (Å²) in [5.41, 5.74) is 8.30. The Hall–Kier alpha value is -4.11. The Kier molecular flexibility index (Phi) is 4.84. The van der Waals surface area contributed by atoms with Gasteiger partial charge in [0.15, 0.2) is 12.4 Å². The molecule has 3 heteroatoms. The van der Waals surface area contributed by atoms with E-state index in [0.717, 1.165) is 5.69 Å². The van der Waals surface area contributed by atoms with Crippen LogP contribution in [0.25, 0.3) is 39.1 Å². The monoisotopic (exact) mass is 386 g/mol. The maximum atomic E-state index is 4.09. The number of benzene rings is 2. The van der Waals surface area contributed by atoms with E-state index >= 15 is 0 Å². The molecule has 0 radical (unpaired) electrons. The van der Waals surface area contributed by atoms with E-state index in [1.54, 1.807) is 12.4 Å². The molecule has 0 atom stereocenters. The Balaban J connectivity index is 1.35. The van der Waals surface area contributed by atoms with Gasteiger partial charge in [0.1, 0.15) is 0 Å². The topological polar surface area (TPSA) is 29.7 Å². The number of hydrogen-bond acceptors (Lipinski definition) is 2. The molecule has 142 valence electrons. The first-order valence-corrected chi connectivity index (χ1v) is 9.90. The molecule has 0 saturated carbocycles. The van der Waals surface area contributed by atoms with Crippen LogP contribution in [0.4, 0.5) is 0 Å². The van der Waals surface area contributed by atoms with Gasteiger partial charge in [0.2, 0.25) is 5.69 Å². The summed E-state index contributed by atoms with van der Waals surface area (Å²) in [6, 6.07) is 29.7. The van der Waals surface area contributed by atoms with Gasteiger partial charge < -0.3 is 0 Å². The number of nitrogens with zero attached hydrogens (tertiary/aromatic N) is 3. The normalized spacial score (nSPS) is 10.7. The highest BCUT2D eigenvalue weighted by Crippen LogP contribution is 2.27. The summed E-state index contributed by atoms with van der Waals surface area (Å²) < 4.78 is 2.09. The molecule has 5 aromatic rings. The van der Waals surface area contributed by atoms with Gasteiger partial charge in [-0.05, 0) is 45.5 Å². The molecule has 30 heavy (non-hydrogen) atoms. The Morgan fingerprint density at radius 2 is 0.700 bits per heavy atom. The van der Waals surface area contributed by atoms with E-state index in [1.165, 1.54) is 33.4 Å². The van der Waals surface area contributed by atoms with Crippen LogP contribution in [0.1, 0.15) is 0 Å². The average molecular weight is 386 g/mol. The standard InChI is InChI=1S/C27H20N3/c1-5-23(25-9-15-28-16-10-25)6-2-21(1)22-3-7-24(8-4-22)26-13-19-30(20-14-26)27-11-17-29-18-12-27/h1-20H/q+1. The quantitative estimate of drug-likeness (QED) is 0.368. The number of rotatable bonds is 4. The van der Waals surface area contributed by atoms with Gasteiger partial charge in [0.05, 0.1) is 0 Å². The highest BCUT2D eigenvalue weighted by atomic mass is 14.9. The summed E-state index contributed by atoms with van der Waals surface area (Å²) in [5.74, 6) is 0. The molecule has 0 bridgehead atoms. The van der Waals surface area contributed by atoms with Crippen molar-refractivity contribution in [2.45, 2.75) is 0 Å². The lowest BCUT2D eigenvalue weighted by Gasteiger charge is -2.07. The molecule has 3 heterocycles. The zero-order chi connectivity index (χ0) is 20.2. The highest BCUT2D eigenvalue weighted by molar-refractivity contribution is 5.73. The van der Waals surface area contributed by atoms with Gasteiger partial charge in [-0.2, -0.15) is 4.57 Å². The van der Waals surface area contributed by atoms with Crippen molar-refractivity contribution in [1.82, 2.24) is 9.97 Å². The van der Waals surface area contributed by atoms with Crippen LogP contribution in [0.2, 0.25) is 0 Å². The lowest BCUT2D eigenvalue weighted by molar-refractivity contribution is -0.595. The molecule has 0 unspecified atom stereocenters. The van der Waals surface area contributed by atoms with Crippen molar-refractivity contribution in [3.63, 3.8) is 0 Å². The van der Waals surface area contributed by atoms with E-state index in [1.807, 2.05) is 36.7 Å². The van der Waals surface area contributed by atoms with Crippen molar-refractivity contribution in [3.05, 3.63) is 122 Å². The summed E-state index contributed by atoms with van der Waals surface area (Å²) in [4.78, 5) is 8.16. The fraction of sp³-hybridized carbons (Fsp3) is 0. The molecule has 2 aromatic carbocycles. The van der Waals surface area contributed by atoms with Crippen molar-refractivity contribution in [2.75, 3.05) is 0 Å². The minimum atomic E-state index is 1.10. The molecule has 0 aliphatic rings. The second kappa shape index (κ2) is 8.10. The first-order chi connectivity index (χ1) is 14.9. The maximum Gasteiger partial charge on any atom is 0.213 e. The lowest BCUT2D eigenvalue weighted by atomic mass is 9.99. The Morgan fingerprint density at radius 3 is 1.13 bits per heavy atom. The minimum absolute atomic E-state index is 1.10.